The summed E-state index contributed by atoms with van der Waals surface area (Å²) in [6.45, 7) is 2.53. The van der Waals surface area contributed by atoms with Gasteiger partial charge in [-0.15, -0.1) is 0 Å². The van der Waals surface area contributed by atoms with Crippen LogP contribution < -0.4 is 5.73 Å². The highest BCUT2D eigenvalue weighted by Gasteiger charge is 1.99. The number of benzene rings is 1. The van der Waals surface area contributed by atoms with E-state index in [1.54, 1.807) is 6.33 Å². The summed E-state index contributed by atoms with van der Waals surface area (Å²) < 4.78 is 0. The fourth-order valence-corrected chi connectivity index (χ4v) is 1.42. The van der Waals surface area contributed by atoms with Crippen LogP contribution in [0.4, 0.5) is 0 Å². The second-order valence-corrected chi connectivity index (χ2v) is 3.45. The van der Waals surface area contributed by atoms with Crippen molar-refractivity contribution in [2.75, 3.05) is 0 Å². The van der Waals surface area contributed by atoms with E-state index in [0.717, 1.165) is 22.5 Å². The van der Waals surface area contributed by atoms with Crippen molar-refractivity contribution >= 4 is 0 Å². The zero-order valence-electron chi connectivity index (χ0n) is 8.64. The van der Waals surface area contributed by atoms with Crippen molar-refractivity contribution < 1.29 is 0 Å². The lowest BCUT2D eigenvalue weighted by Gasteiger charge is -2.02. The minimum absolute atomic E-state index is 0.573. The monoisotopic (exact) mass is 199 g/mol. The molecule has 76 valence electrons. The van der Waals surface area contributed by atoms with Gasteiger partial charge in [0.25, 0.3) is 0 Å². The number of nitrogens with two attached hydrogens (primary N) is 1. The summed E-state index contributed by atoms with van der Waals surface area (Å²) >= 11 is 0. The molecule has 0 saturated carbocycles. The Balaban J connectivity index is 2.37. The Morgan fingerprint density at radius 1 is 1.13 bits per heavy atom. The molecular weight excluding hydrogens is 186 g/mol. The van der Waals surface area contributed by atoms with Gasteiger partial charge in [-0.25, -0.2) is 9.97 Å². The van der Waals surface area contributed by atoms with Crippen molar-refractivity contribution in [2.24, 2.45) is 5.73 Å². The quantitative estimate of drug-likeness (QED) is 0.803. The molecule has 1 heterocycles. The summed E-state index contributed by atoms with van der Waals surface area (Å²) in [6.07, 6.45) is 1.58. The summed E-state index contributed by atoms with van der Waals surface area (Å²) in [5, 5.41) is 0. The number of hydrogen-bond donors (Lipinski definition) is 1. The minimum Gasteiger partial charge on any atom is -0.326 e. The molecular formula is C12H13N3. The molecule has 0 unspecified atom stereocenters. The smallest absolute Gasteiger partial charge is 0.116 e. The second-order valence-electron chi connectivity index (χ2n) is 3.45. The largest absolute Gasteiger partial charge is 0.326 e. The van der Waals surface area contributed by atoms with Crippen molar-refractivity contribution in [3.8, 4) is 11.3 Å². The van der Waals surface area contributed by atoms with Gasteiger partial charge in [0.1, 0.15) is 6.33 Å². The third-order valence-corrected chi connectivity index (χ3v) is 2.29. The molecule has 0 radical (unpaired) electrons. The van der Waals surface area contributed by atoms with Crippen LogP contribution in [0.3, 0.4) is 0 Å². The number of aromatic nitrogens is 2. The number of aryl methyl sites for hydroxylation is 1. The van der Waals surface area contributed by atoms with E-state index >= 15 is 0 Å². The first-order valence-electron chi connectivity index (χ1n) is 4.87. The Hall–Kier alpha value is -1.74. The molecule has 0 saturated heterocycles. The molecule has 0 aliphatic carbocycles. The maximum Gasteiger partial charge on any atom is 0.116 e. The molecule has 2 N–H and O–H groups in total. The molecule has 0 aliphatic rings. The van der Waals surface area contributed by atoms with Crippen LogP contribution in [0.15, 0.2) is 36.7 Å². The van der Waals surface area contributed by atoms with Gasteiger partial charge in [0.05, 0.1) is 5.69 Å². The summed E-state index contributed by atoms with van der Waals surface area (Å²) in [5.41, 5.74) is 9.69. The van der Waals surface area contributed by atoms with E-state index in [4.69, 9.17) is 5.73 Å². The van der Waals surface area contributed by atoms with E-state index in [1.165, 1.54) is 0 Å². The van der Waals surface area contributed by atoms with Crippen molar-refractivity contribution in [1.82, 2.24) is 9.97 Å². The average Bonchev–Trinajstić information content (AvgIpc) is 2.29. The van der Waals surface area contributed by atoms with E-state index in [-0.39, 0.29) is 0 Å². The van der Waals surface area contributed by atoms with Gasteiger partial charge in [-0.2, -0.15) is 0 Å². The van der Waals surface area contributed by atoms with Crippen molar-refractivity contribution in [2.45, 2.75) is 13.5 Å². The van der Waals surface area contributed by atoms with Crippen LogP contribution in [-0.2, 0) is 6.54 Å². The van der Waals surface area contributed by atoms with Gasteiger partial charge in [0.2, 0.25) is 0 Å². The molecule has 1 aromatic heterocycles. The summed E-state index contributed by atoms with van der Waals surface area (Å²) in [7, 11) is 0. The SMILES string of the molecule is Cc1cc(-c2ccc(CN)cc2)ncn1. The third kappa shape index (κ3) is 2.19. The van der Waals surface area contributed by atoms with Gasteiger partial charge >= 0.3 is 0 Å². The van der Waals surface area contributed by atoms with Crippen molar-refractivity contribution in [3.05, 3.63) is 47.9 Å². The molecule has 0 amide bonds. The summed E-state index contributed by atoms with van der Waals surface area (Å²) in [5.74, 6) is 0. The van der Waals surface area contributed by atoms with Crippen LogP contribution in [-0.4, -0.2) is 9.97 Å². The number of nitrogens with zero attached hydrogens (tertiary/aromatic N) is 2. The lowest BCUT2D eigenvalue weighted by atomic mass is 10.1. The molecule has 0 spiro atoms. The number of rotatable bonds is 2. The normalized spacial score (nSPS) is 10.3. The molecule has 2 rings (SSSR count). The molecule has 0 bridgehead atoms. The first-order chi connectivity index (χ1) is 7.29. The van der Waals surface area contributed by atoms with Gasteiger partial charge < -0.3 is 5.73 Å². The predicted octanol–water partition coefficient (Wildman–Crippen LogP) is 1.91. The highest BCUT2D eigenvalue weighted by Crippen LogP contribution is 2.17. The molecule has 2 aromatic rings. The fraction of sp³-hybridized carbons (Fsp3) is 0.167. The number of hydrogen-bond acceptors (Lipinski definition) is 3. The molecule has 15 heavy (non-hydrogen) atoms. The minimum atomic E-state index is 0.573. The van der Waals surface area contributed by atoms with Crippen LogP contribution in [0.5, 0.6) is 0 Å². The van der Waals surface area contributed by atoms with Crippen LogP contribution >= 0.6 is 0 Å². The summed E-state index contributed by atoms with van der Waals surface area (Å²) in [4.78, 5) is 8.29. The van der Waals surface area contributed by atoms with E-state index in [0.29, 0.717) is 6.54 Å². The molecule has 3 nitrogen and oxygen atoms in total. The zero-order valence-corrected chi connectivity index (χ0v) is 8.64. The second kappa shape index (κ2) is 4.19. The fourth-order valence-electron chi connectivity index (χ4n) is 1.42. The molecule has 1 aromatic carbocycles. The Bertz CT molecular complexity index is 449. The maximum atomic E-state index is 5.54. The van der Waals surface area contributed by atoms with Crippen LogP contribution in [0.1, 0.15) is 11.3 Å². The topological polar surface area (TPSA) is 51.8 Å². The average molecular weight is 199 g/mol. The van der Waals surface area contributed by atoms with Crippen molar-refractivity contribution in [3.63, 3.8) is 0 Å². The Morgan fingerprint density at radius 3 is 2.47 bits per heavy atom. The first kappa shape index (κ1) is 9.80. The van der Waals surface area contributed by atoms with E-state index in [1.807, 2.05) is 37.3 Å². The highest BCUT2D eigenvalue weighted by atomic mass is 14.8. The van der Waals surface area contributed by atoms with Gasteiger partial charge in [0, 0.05) is 17.8 Å². The van der Waals surface area contributed by atoms with Crippen LogP contribution in [0, 0.1) is 6.92 Å². The molecule has 0 atom stereocenters. The van der Waals surface area contributed by atoms with Crippen LogP contribution in [0.2, 0.25) is 0 Å². The first-order valence-corrected chi connectivity index (χ1v) is 4.87. The molecule has 3 heteroatoms. The van der Waals surface area contributed by atoms with E-state index in [9.17, 15) is 0 Å². The van der Waals surface area contributed by atoms with E-state index < -0.39 is 0 Å². The lowest BCUT2D eigenvalue weighted by Crippen LogP contribution is -1.95. The lowest BCUT2D eigenvalue weighted by molar-refractivity contribution is 1.07. The van der Waals surface area contributed by atoms with Gasteiger partial charge in [-0.1, -0.05) is 24.3 Å². The Labute approximate surface area is 89.0 Å². The standard InChI is InChI=1S/C12H13N3/c1-9-6-12(15-8-14-9)11-4-2-10(7-13)3-5-11/h2-6,8H,7,13H2,1H3. The van der Waals surface area contributed by atoms with Crippen LogP contribution in [0.25, 0.3) is 11.3 Å². The highest BCUT2D eigenvalue weighted by molar-refractivity contribution is 5.59. The Morgan fingerprint density at radius 2 is 1.87 bits per heavy atom. The summed E-state index contributed by atoms with van der Waals surface area (Å²) in [6, 6.07) is 10.1. The molecule has 0 fully saturated rings. The maximum absolute atomic E-state index is 5.54. The van der Waals surface area contributed by atoms with Crippen molar-refractivity contribution in [1.29, 1.82) is 0 Å². The molecule has 0 aliphatic heterocycles. The predicted molar refractivity (Wildman–Crippen MR) is 60.1 cm³/mol. The zero-order chi connectivity index (χ0) is 10.7. The third-order valence-electron chi connectivity index (χ3n) is 2.29. The van der Waals surface area contributed by atoms with Gasteiger partial charge in [-0.3, -0.25) is 0 Å². The van der Waals surface area contributed by atoms with E-state index in [2.05, 4.69) is 9.97 Å². The Kier molecular flexibility index (Phi) is 2.74. The van der Waals surface area contributed by atoms with Gasteiger partial charge in [0.15, 0.2) is 0 Å². The van der Waals surface area contributed by atoms with Gasteiger partial charge in [-0.05, 0) is 18.6 Å².